The van der Waals surface area contributed by atoms with Crippen molar-refractivity contribution >= 4 is 76.1 Å². The van der Waals surface area contributed by atoms with Crippen LogP contribution >= 0.6 is 21.4 Å². The molecule has 7 aliphatic rings. The van der Waals surface area contributed by atoms with Gasteiger partial charge < -0.3 is 69.5 Å². The number of rotatable bonds is 4. The zero-order chi connectivity index (χ0) is 66.7. The second kappa shape index (κ2) is 30.2. The van der Waals surface area contributed by atoms with Crippen LogP contribution in [0.2, 0.25) is 0 Å². The summed E-state index contributed by atoms with van der Waals surface area (Å²) >= 11 is -1.89. The quantitative estimate of drug-likeness (QED) is 0.0369. The topological polar surface area (TPSA) is 286 Å². The maximum Gasteiger partial charge on any atom is 1.00 e. The largest absolute Gasteiger partial charge is 1.00 e. The summed E-state index contributed by atoms with van der Waals surface area (Å²) in [5.41, 5.74) is 25.5. The Labute approximate surface area is 559 Å². The Kier molecular flexibility index (Phi) is 23.5. The third kappa shape index (κ3) is 16.5. The van der Waals surface area contributed by atoms with Crippen molar-refractivity contribution in [3.8, 4) is 34.5 Å². The van der Waals surface area contributed by atoms with E-state index in [1.807, 2.05) is 49.9 Å². The normalized spacial score (nSPS) is 23.8. The van der Waals surface area contributed by atoms with Crippen molar-refractivity contribution in [2.24, 2.45) is 5.11 Å². The van der Waals surface area contributed by atoms with Crippen molar-refractivity contribution in [2.45, 2.75) is 94.0 Å². The van der Waals surface area contributed by atoms with Crippen LogP contribution in [0.4, 0.5) is 73.6 Å². The van der Waals surface area contributed by atoms with Crippen molar-refractivity contribution in [1.82, 2.24) is 0 Å². The van der Waals surface area contributed by atoms with Gasteiger partial charge in [-0.1, -0.05) is 23.3 Å². The van der Waals surface area contributed by atoms with Crippen molar-refractivity contribution in [3.05, 3.63) is 169 Å². The molecule has 6 aromatic carbocycles. The van der Waals surface area contributed by atoms with Gasteiger partial charge in [0.05, 0.1) is 121 Å². The van der Waals surface area contributed by atoms with E-state index in [-0.39, 0.29) is 86.4 Å². The van der Waals surface area contributed by atoms with Gasteiger partial charge in [0, 0.05) is 26.3 Å². The van der Waals surface area contributed by atoms with Crippen LogP contribution in [0.15, 0.2) is 114 Å². The van der Waals surface area contributed by atoms with E-state index in [4.69, 9.17) is 57.6 Å². The van der Waals surface area contributed by atoms with Crippen LogP contribution in [0.1, 0.15) is 33.4 Å². The minimum Gasteiger partial charge on any atom is -0.453 e. The first kappa shape index (κ1) is 72.5. The molecule has 0 amide bonds. The average Bonchev–Trinajstić information content (AvgIpc) is 1.36. The number of hydrogen-bond donors (Lipinski definition) is 3. The average molecular weight is 1400 g/mol. The molecule has 13 rings (SSSR count). The van der Waals surface area contributed by atoms with Crippen molar-refractivity contribution in [3.63, 3.8) is 0 Å². The molecule has 0 spiro atoms. The number of alkyl halides is 9. The monoisotopic (exact) mass is 1400 g/mol. The molecule has 0 bridgehead atoms. The van der Waals surface area contributed by atoms with E-state index < -0.39 is 110 Å². The molecular weight excluding hydrogens is 1350 g/mol. The zero-order valence-electron chi connectivity index (χ0n) is 48.8. The van der Waals surface area contributed by atoms with Crippen LogP contribution in [0, 0.1) is 20.8 Å². The number of halogens is 11. The van der Waals surface area contributed by atoms with Crippen LogP contribution in [0.25, 0.3) is 26.4 Å². The van der Waals surface area contributed by atoms with Gasteiger partial charge in [0.2, 0.25) is 9.23 Å². The molecule has 4 saturated heterocycles. The fraction of sp³-hybridized carbons (Fsp3) is 0.368. The summed E-state index contributed by atoms with van der Waals surface area (Å²) in [7, 11) is 7.36. The Morgan fingerprint density at radius 1 is 0.516 bits per heavy atom. The number of aliphatic hydroxyl groups excluding tert-OH is 3. The van der Waals surface area contributed by atoms with Gasteiger partial charge in [0.15, 0.2) is 34.5 Å². The van der Waals surface area contributed by atoms with Crippen LogP contribution in [0.3, 0.4) is 0 Å². The molecule has 7 aliphatic heterocycles. The predicted molar refractivity (Wildman–Crippen MR) is 317 cm³/mol. The van der Waals surface area contributed by atoms with Gasteiger partial charge in [0.25, 0.3) is 0 Å². The van der Waals surface area contributed by atoms with Gasteiger partial charge in [-0.15, -0.1) is 0 Å². The van der Waals surface area contributed by atoms with Gasteiger partial charge in [0.1, 0.15) is 24.4 Å². The summed E-state index contributed by atoms with van der Waals surface area (Å²) < 4.78 is 184. The summed E-state index contributed by atoms with van der Waals surface area (Å²) in [6.07, 6.45) is -17.9. The molecule has 0 radical (unpaired) electrons. The first-order chi connectivity index (χ1) is 43.5. The van der Waals surface area contributed by atoms with E-state index in [1.54, 1.807) is 40.1 Å². The predicted octanol–water partition coefficient (Wildman–Crippen LogP) is 11.0. The first-order valence-electron chi connectivity index (χ1n) is 27.2. The fourth-order valence-corrected chi connectivity index (χ4v) is 11.8. The number of hydrogen-bond acceptors (Lipinski definition) is 17. The zero-order valence-corrected chi connectivity index (χ0v) is 53.9. The van der Waals surface area contributed by atoms with E-state index in [0.717, 1.165) is 53.1 Å². The van der Waals surface area contributed by atoms with E-state index >= 15 is 0 Å². The number of azide groups is 1. The Balaban J connectivity index is 0.000000170. The molecule has 1 unspecified atom stereocenters. The van der Waals surface area contributed by atoms with Gasteiger partial charge in [-0.3, -0.25) is 13.3 Å². The number of ether oxygens (including phenoxy) is 6. The summed E-state index contributed by atoms with van der Waals surface area (Å²) in [5, 5.41) is 34.9. The Morgan fingerprint density at radius 3 is 1.22 bits per heavy atom. The SMILES string of the molecule is Cc1ccc2c(c1)Oc1cc(C(F)(F)F)ccc1N2[C@H]1COC[C@@H](N=[N+]=[N-])[C@@H]1O.Cc1ccc2c(c1)Oc1cc(C(F)(F)F)ccc1N2[C@H]1COC[C@@H]2OS(=O)O[C@@H]21.Cc1ccc2c(c1)Oc1cc(C(F)(F)F)ccc1N2[C@H]1COC[C@H](O)[C@@H]1O.O=S(Cl)Cl.[N-]=[N+]=[N-].[Na+]. The number of aryl methyl sites for hydroxylation is 3. The summed E-state index contributed by atoms with van der Waals surface area (Å²) in [6, 6.07) is 23.3. The van der Waals surface area contributed by atoms with Crippen LogP contribution in [0.5, 0.6) is 34.5 Å². The summed E-state index contributed by atoms with van der Waals surface area (Å²) in [6.45, 7) is 6.30. The molecular formula is C57H51Cl2F9N9NaO13S2. The van der Waals surface area contributed by atoms with Crippen molar-refractivity contribution < 1.29 is 130 Å². The number of nitrogens with zero attached hydrogens (tertiary/aromatic N) is 9. The van der Waals surface area contributed by atoms with Crippen LogP contribution in [-0.2, 0) is 61.7 Å². The first-order valence-corrected chi connectivity index (χ1v) is 31.0. The summed E-state index contributed by atoms with van der Waals surface area (Å²) in [5.74, 6) is 1.33. The van der Waals surface area contributed by atoms with Crippen LogP contribution in [-0.4, -0.2) is 118 Å². The minimum absolute atomic E-state index is 0. The maximum absolute atomic E-state index is 13.2. The Morgan fingerprint density at radius 2 is 0.839 bits per heavy atom. The number of aliphatic hydroxyl groups is 3. The second-order valence-corrected chi connectivity index (χ2v) is 24.5. The molecule has 492 valence electrons. The minimum atomic E-state index is -4.52. The van der Waals surface area contributed by atoms with E-state index in [9.17, 15) is 59.0 Å². The molecule has 0 aromatic heterocycles. The molecule has 0 saturated carbocycles. The van der Waals surface area contributed by atoms with E-state index in [2.05, 4.69) is 31.4 Å². The standard InChI is InChI=1S/C19H17F3N4O3.C19H16F3NO5S.C19H18F3NO4.Cl2OS.N3.Na/c1-10-2-4-13-16(6-10)29-17-7-11(19(20,21)22)3-5-14(17)26(13)15-9-28-8-12(18(15)27)24-25-23;1-10-2-4-12-15(6-10)26-16-7-11(19(20,21)22)3-5-13(16)23(12)14-8-25-9-17-18(14)28-29(24)27-17;1-10-2-4-12-16(6-10)27-17-7-11(19(20,21)22)3-5-13(17)23(12)14-8-26-9-15(24)18(14)25;1-4(2)3;1-3-2;/h2-7,12,15,18,27H,8-9H2,1H3;2-7,14,17-18H,8-9H2,1H3;2-7,14-15,18,24-25H,8-9H2,1H3;;;/q;;;;-1;+1/t12-,15+,18+;14-,17-,18+,29?;14-,15-,18+;;;/m100.../s1. The van der Waals surface area contributed by atoms with Gasteiger partial charge in [-0.05, 0) is 134 Å². The maximum atomic E-state index is 13.2. The van der Waals surface area contributed by atoms with Crippen molar-refractivity contribution in [1.29, 1.82) is 0 Å². The molecule has 7 heterocycles. The van der Waals surface area contributed by atoms with Gasteiger partial charge >= 0.3 is 59.4 Å². The van der Waals surface area contributed by atoms with Crippen molar-refractivity contribution in [2.75, 3.05) is 54.3 Å². The van der Waals surface area contributed by atoms with Crippen LogP contribution < -0.4 is 58.5 Å². The molecule has 3 N–H and O–H groups in total. The Bertz CT molecular complexity index is 3840. The third-order valence-electron chi connectivity index (χ3n) is 15.1. The fourth-order valence-electron chi connectivity index (χ4n) is 11.0. The molecule has 22 nitrogen and oxygen atoms in total. The second-order valence-electron chi connectivity index (χ2n) is 21.2. The molecule has 10 atom stereocenters. The van der Waals surface area contributed by atoms with E-state index in [1.165, 1.54) is 23.1 Å². The smallest absolute Gasteiger partial charge is 0.453 e. The Hall–Kier alpha value is -6.33. The summed E-state index contributed by atoms with van der Waals surface area (Å²) in [4.78, 5) is 9.45. The number of fused-ring (bicyclic) bond motifs is 7. The van der Waals surface area contributed by atoms with Gasteiger partial charge in [-0.25, -0.2) is 4.21 Å². The molecule has 93 heavy (non-hydrogen) atoms. The third-order valence-corrected chi connectivity index (χ3v) is 15.8. The number of anilines is 6. The van der Waals surface area contributed by atoms with Gasteiger partial charge in [-0.2, -0.15) is 43.7 Å². The van der Waals surface area contributed by atoms with E-state index in [0.29, 0.717) is 51.4 Å². The molecule has 4 fully saturated rings. The number of benzene rings is 6. The molecule has 36 heteroatoms. The molecule has 0 aliphatic carbocycles. The molecule has 6 aromatic rings.